The molecule has 3 aromatic rings. The number of imide groups is 2. The van der Waals surface area contributed by atoms with Gasteiger partial charge in [-0.25, -0.2) is 0 Å². The Morgan fingerprint density at radius 2 is 1.32 bits per heavy atom. The Morgan fingerprint density at radius 3 is 2.05 bits per heavy atom. The summed E-state index contributed by atoms with van der Waals surface area (Å²) in [6.45, 7) is 0.336. The number of fused-ring (bicyclic) bond motifs is 2. The first kappa shape index (κ1) is 23.6. The molecule has 0 unspecified atom stereocenters. The summed E-state index contributed by atoms with van der Waals surface area (Å²) in [6, 6.07) is 15.8. The number of carbonyl (C=O) groups is 6. The molecule has 3 N–H and O–H groups in total. The van der Waals surface area contributed by atoms with E-state index in [0.29, 0.717) is 18.7 Å². The van der Waals surface area contributed by atoms with Crippen LogP contribution in [0.5, 0.6) is 0 Å². The zero-order valence-corrected chi connectivity index (χ0v) is 19.6. The van der Waals surface area contributed by atoms with Crippen molar-refractivity contribution in [1.29, 1.82) is 0 Å². The van der Waals surface area contributed by atoms with Crippen LogP contribution in [0.2, 0.25) is 0 Å². The molecule has 0 saturated heterocycles. The maximum Gasteiger partial charge on any atom is 0.261 e. The van der Waals surface area contributed by atoms with Gasteiger partial charge in [0.25, 0.3) is 35.4 Å². The fourth-order valence-electron chi connectivity index (χ4n) is 4.19. The highest BCUT2D eigenvalue weighted by Crippen LogP contribution is 2.23. The average Bonchev–Trinajstić information content (AvgIpc) is 3.31. The Balaban J connectivity index is 1.15. The molecule has 5 rings (SSSR count). The van der Waals surface area contributed by atoms with Crippen LogP contribution in [0.4, 0.5) is 5.69 Å². The third-order valence-electron chi connectivity index (χ3n) is 6.26. The summed E-state index contributed by atoms with van der Waals surface area (Å²) in [6.07, 6.45) is 0.526. The minimum Gasteiger partial charge on any atom is -0.352 e. The number of amides is 6. The van der Waals surface area contributed by atoms with Crippen LogP contribution in [-0.4, -0.2) is 53.9 Å². The highest BCUT2D eigenvalue weighted by molar-refractivity contribution is 6.23. The van der Waals surface area contributed by atoms with Crippen LogP contribution in [0.15, 0.2) is 60.7 Å². The molecular formula is C27H20N4O6. The van der Waals surface area contributed by atoms with E-state index in [9.17, 15) is 28.8 Å². The molecule has 0 aromatic heterocycles. The molecule has 0 atom stereocenters. The van der Waals surface area contributed by atoms with Crippen LogP contribution in [0, 0.1) is 0 Å². The van der Waals surface area contributed by atoms with Crippen LogP contribution < -0.4 is 16.0 Å². The van der Waals surface area contributed by atoms with E-state index in [1.165, 1.54) is 43.4 Å². The molecule has 0 aliphatic carbocycles. The fourth-order valence-corrected chi connectivity index (χ4v) is 4.19. The molecule has 10 heteroatoms. The number of rotatable bonds is 6. The maximum absolute atomic E-state index is 12.6. The van der Waals surface area contributed by atoms with Gasteiger partial charge in [0.2, 0.25) is 0 Å². The average molecular weight is 496 g/mol. The standard InChI is InChI=1S/C27H20N4O6/c1-31-26(36)19-9-5-16(13-21(19)27(31)37)23(33)29-17-6-2-14(3-7-17)10-11-28-22(32)15-4-8-18-20(12-15)25(35)30-24(18)34/h2-9,12-13H,10-11H2,1H3,(H,28,32)(H,29,33)(H,30,34,35). The second-order valence-corrected chi connectivity index (χ2v) is 8.63. The van der Waals surface area contributed by atoms with Crippen molar-refractivity contribution in [2.45, 2.75) is 6.42 Å². The zero-order valence-electron chi connectivity index (χ0n) is 19.6. The molecule has 0 radical (unpaired) electrons. The summed E-state index contributed by atoms with van der Waals surface area (Å²) in [5.41, 5.74) is 2.92. The van der Waals surface area contributed by atoms with Gasteiger partial charge in [0, 0.05) is 30.4 Å². The Bertz CT molecular complexity index is 1530. The Labute approximate surface area is 210 Å². The second kappa shape index (κ2) is 9.15. The molecule has 2 heterocycles. The number of anilines is 1. The summed E-state index contributed by atoms with van der Waals surface area (Å²) in [5.74, 6) is -2.60. The van der Waals surface area contributed by atoms with Gasteiger partial charge in [0.05, 0.1) is 22.3 Å². The van der Waals surface area contributed by atoms with E-state index in [0.717, 1.165) is 10.5 Å². The normalized spacial score (nSPS) is 13.8. The van der Waals surface area contributed by atoms with Crippen molar-refractivity contribution in [1.82, 2.24) is 15.5 Å². The number of carbonyl (C=O) groups excluding carboxylic acids is 6. The van der Waals surface area contributed by atoms with Gasteiger partial charge < -0.3 is 10.6 Å². The lowest BCUT2D eigenvalue weighted by Crippen LogP contribution is -2.26. The van der Waals surface area contributed by atoms with Gasteiger partial charge in [-0.15, -0.1) is 0 Å². The minimum atomic E-state index is -0.519. The summed E-state index contributed by atoms with van der Waals surface area (Å²) < 4.78 is 0. The van der Waals surface area contributed by atoms with Gasteiger partial charge in [-0.2, -0.15) is 0 Å². The van der Waals surface area contributed by atoms with Gasteiger partial charge in [-0.1, -0.05) is 12.1 Å². The van der Waals surface area contributed by atoms with Crippen molar-refractivity contribution in [3.8, 4) is 0 Å². The van der Waals surface area contributed by atoms with Crippen molar-refractivity contribution in [2.75, 3.05) is 18.9 Å². The summed E-state index contributed by atoms with van der Waals surface area (Å²) in [4.78, 5) is 73.7. The molecular weight excluding hydrogens is 476 g/mol. The van der Waals surface area contributed by atoms with Gasteiger partial charge >= 0.3 is 0 Å². The molecule has 0 fully saturated rings. The van der Waals surface area contributed by atoms with Crippen molar-refractivity contribution in [3.05, 3.63) is 99.6 Å². The largest absolute Gasteiger partial charge is 0.352 e. The van der Waals surface area contributed by atoms with Gasteiger partial charge in [-0.3, -0.25) is 39.0 Å². The first-order chi connectivity index (χ1) is 17.7. The van der Waals surface area contributed by atoms with Crippen molar-refractivity contribution >= 4 is 41.1 Å². The highest BCUT2D eigenvalue weighted by Gasteiger charge is 2.33. The molecule has 10 nitrogen and oxygen atoms in total. The zero-order chi connectivity index (χ0) is 26.3. The summed E-state index contributed by atoms with van der Waals surface area (Å²) >= 11 is 0. The number of hydrogen-bond donors (Lipinski definition) is 3. The Kier molecular flexibility index (Phi) is 5.84. The van der Waals surface area contributed by atoms with Crippen LogP contribution in [0.3, 0.4) is 0 Å². The van der Waals surface area contributed by atoms with E-state index in [-0.39, 0.29) is 39.3 Å². The predicted octanol–water partition coefficient (Wildman–Crippen LogP) is 2.02. The maximum atomic E-state index is 12.6. The van der Waals surface area contributed by atoms with Gasteiger partial charge in [0.1, 0.15) is 0 Å². The molecule has 184 valence electrons. The molecule has 0 bridgehead atoms. The van der Waals surface area contributed by atoms with E-state index in [2.05, 4.69) is 16.0 Å². The molecule has 0 saturated carbocycles. The van der Waals surface area contributed by atoms with Crippen LogP contribution in [0.25, 0.3) is 0 Å². The third kappa shape index (κ3) is 4.36. The molecule has 2 aliphatic rings. The van der Waals surface area contributed by atoms with E-state index in [1.807, 2.05) is 12.1 Å². The van der Waals surface area contributed by atoms with Crippen LogP contribution >= 0.6 is 0 Å². The molecule has 6 amide bonds. The SMILES string of the molecule is CN1C(=O)c2ccc(C(=O)Nc3ccc(CCNC(=O)c4ccc5c(c4)C(=O)NC5=O)cc3)cc2C1=O. The number of nitrogens with one attached hydrogen (secondary N) is 3. The number of benzene rings is 3. The second-order valence-electron chi connectivity index (χ2n) is 8.63. The van der Waals surface area contributed by atoms with Gasteiger partial charge in [0.15, 0.2) is 0 Å². The Morgan fingerprint density at radius 1 is 0.730 bits per heavy atom. The smallest absolute Gasteiger partial charge is 0.261 e. The lowest BCUT2D eigenvalue weighted by atomic mass is 10.0. The predicted molar refractivity (Wildman–Crippen MR) is 132 cm³/mol. The van der Waals surface area contributed by atoms with E-state index < -0.39 is 29.5 Å². The molecule has 3 aromatic carbocycles. The molecule has 0 spiro atoms. The quantitative estimate of drug-likeness (QED) is 0.446. The van der Waals surface area contributed by atoms with Gasteiger partial charge in [-0.05, 0) is 60.5 Å². The minimum absolute atomic E-state index is 0.183. The lowest BCUT2D eigenvalue weighted by molar-refractivity contribution is 0.0691. The van der Waals surface area contributed by atoms with Crippen LogP contribution in [-0.2, 0) is 6.42 Å². The monoisotopic (exact) mass is 496 g/mol. The summed E-state index contributed by atoms with van der Waals surface area (Å²) in [5, 5.41) is 7.73. The van der Waals surface area contributed by atoms with E-state index in [1.54, 1.807) is 12.1 Å². The first-order valence-electron chi connectivity index (χ1n) is 11.4. The highest BCUT2D eigenvalue weighted by atomic mass is 16.2. The number of hydrogen-bond acceptors (Lipinski definition) is 6. The van der Waals surface area contributed by atoms with E-state index in [4.69, 9.17) is 0 Å². The third-order valence-corrected chi connectivity index (χ3v) is 6.26. The first-order valence-corrected chi connectivity index (χ1v) is 11.4. The molecule has 2 aliphatic heterocycles. The topological polar surface area (TPSA) is 142 Å². The van der Waals surface area contributed by atoms with Crippen molar-refractivity contribution < 1.29 is 28.8 Å². The molecule has 37 heavy (non-hydrogen) atoms. The van der Waals surface area contributed by atoms with Crippen molar-refractivity contribution in [3.63, 3.8) is 0 Å². The van der Waals surface area contributed by atoms with E-state index >= 15 is 0 Å². The lowest BCUT2D eigenvalue weighted by Gasteiger charge is -2.09. The fraction of sp³-hybridized carbons (Fsp3) is 0.111. The van der Waals surface area contributed by atoms with Crippen molar-refractivity contribution in [2.24, 2.45) is 0 Å². The Hall–Kier alpha value is -5.12. The summed E-state index contributed by atoms with van der Waals surface area (Å²) in [7, 11) is 1.40. The number of nitrogens with zero attached hydrogens (tertiary/aromatic N) is 1. The van der Waals surface area contributed by atoms with Crippen LogP contribution in [0.1, 0.15) is 67.7 Å².